The number of urea groups is 1. The van der Waals surface area contributed by atoms with Gasteiger partial charge < -0.3 is 14.5 Å². The maximum absolute atomic E-state index is 13.0. The Morgan fingerprint density at radius 1 is 1.06 bits per heavy atom. The molecule has 2 aromatic carbocycles. The molecule has 1 aliphatic rings. The molecule has 10 heteroatoms. The third kappa shape index (κ3) is 4.29. The second kappa shape index (κ2) is 8.03. The number of hydrogen-bond donors (Lipinski definition) is 0. The number of anilines is 2. The first-order chi connectivity index (χ1) is 15.1. The number of halogens is 3. The second-order valence-corrected chi connectivity index (χ2v) is 7.46. The van der Waals surface area contributed by atoms with Crippen LogP contribution in [0.1, 0.15) is 5.56 Å². The van der Waals surface area contributed by atoms with Crippen molar-refractivity contribution in [1.29, 1.82) is 0 Å². The minimum absolute atomic E-state index is 0.145. The highest BCUT2D eigenvalue weighted by Crippen LogP contribution is 2.29. The van der Waals surface area contributed by atoms with Crippen LogP contribution in [0.5, 0.6) is 5.75 Å². The molecule has 3 amide bonds. The van der Waals surface area contributed by atoms with Gasteiger partial charge in [0, 0.05) is 26.0 Å². The fourth-order valence-electron chi connectivity index (χ4n) is 3.52. The molecule has 1 aromatic heterocycles. The van der Waals surface area contributed by atoms with Gasteiger partial charge in [0.1, 0.15) is 18.1 Å². The number of pyridine rings is 1. The van der Waals surface area contributed by atoms with E-state index in [-0.39, 0.29) is 18.8 Å². The number of alkyl halides is 3. The van der Waals surface area contributed by atoms with Gasteiger partial charge in [-0.3, -0.25) is 4.79 Å². The number of rotatable bonds is 5. The average Bonchev–Trinajstić information content (AvgIpc) is 3.00. The van der Waals surface area contributed by atoms with E-state index in [0.717, 1.165) is 33.5 Å². The second-order valence-electron chi connectivity index (χ2n) is 7.46. The molecule has 1 saturated heterocycles. The molecule has 0 atom stereocenters. The van der Waals surface area contributed by atoms with Crippen molar-refractivity contribution in [3.8, 4) is 5.75 Å². The van der Waals surface area contributed by atoms with Gasteiger partial charge in [0.25, 0.3) is 5.91 Å². The number of amides is 3. The van der Waals surface area contributed by atoms with Crippen LogP contribution in [-0.4, -0.2) is 48.8 Å². The van der Waals surface area contributed by atoms with Crippen LogP contribution in [0.15, 0.2) is 54.6 Å². The van der Waals surface area contributed by atoms with Crippen LogP contribution < -0.4 is 14.5 Å². The number of fused-ring (bicyclic) bond motifs is 1. The molecule has 0 bridgehead atoms. The van der Waals surface area contributed by atoms with E-state index in [0.29, 0.717) is 5.82 Å². The van der Waals surface area contributed by atoms with E-state index < -0.39 is 24.1 Å². The molecule has 7 nitrogen and oxygen atoms in total. The number of carbonyl (C=O) groups excluding carboxylic acids is 2. The highest BCUT2D eigenvalue weighted by atomic mass is 19.4. The van der Waals surface area contributed by atoms with Crippen molar-refractivity contribution in [1.82, 2.24) is 9.88 Å². The summed E-state index contributed by atoms with van der Waals surface area (Å²) in [4.78, 5) is 34.3. The Hall–Kier alpha value is -3.82. The standard InChI is InChI=1S/C22H19F3N4O3/c1-27(2)19-11-14(17-5-3-4-6-18(17)26-19)12-28-13-20(30)29(21(28)31)15-7-9-16(10-8-15)32-22(23,24)25/h3-11H,12-13H2,1-2H3. The minimum Gasteiger partial charge on any atom is -0.406 e. The first kappa shape index (κ1) is 21.4. The Balaban J connectivity index is 1.59. The number of benzene rings is 2. The predicted octanol–water partition coefficient (Wildman–Crippen LogP) is 4.17. The molecule has 0 spiro atoms. The van der Waals surface area contributed by atoms with Crippen molar-refractivity contribution >= 4 is 34.3 Å². The lowest BCUT2D eigenvalue weighted by molar-refractivity contribution is -0.274. The van der Waals surface area contributed by atoms with Gasteiger partial charge in [-0.25, -0.2) is 14.7 Å². The fourth-order valence-corrected chi connectivity index (χ4v) is 3.52. The molecule has 32 heavy (non-hydrogen) atoms. The Labute approximate surface area is 181 Å². The highest BCUT2D eigenvalue weighted by molar-refractivity contribution is 6.19. The maximum Gasteiger partial charge on any atom is 0.573 e. The number of nitrogens with zero attached hydrogens (tertiary/aromatic N) is 4. The summed E-state index contributed by atoms with van der Waals surface area (Å²) in [6.07, 6.45) is -4.82. The summed E-state index contributed by atoms with van der Waals surface area (Å²) >= 11 is 0. The van der Waals surface area contributed by atoms with Gasteiger partial charge >= 0.3 is 12.4 Å². The quantitative estimate of drug-likeness (QED) is 0.553. The summed E-state index contributed by atoms with van der Waals surface area (Å²) in [5.74, 6) is -0.184. The first-order valence-corrected chi connectivity index (χ1v) is 9.66. The third-order valence-corrected chi connectivity index (χ3v) is 4.97. The fraction of sp³-hybridized carbons (Fsp3) is 0.227. The third-order valence-electron chi connectivity index (χ3n) is 4.97. The molecule has 4 rings (SSSR count). The van der Waals surface area contributed by atoms with Crippen molar-refractivity contribution in [2.24, 2.45) is 0 Å². The van der Waals surface area contributed by atoms with E-state index in [2.05, 4.69) is 9.72 Å². The van der Waals surface area contributed by atoms with Crippen LogP contribution in [0.25, 0.3) is 10.9 Å². The van der Waals surface area contributed by atoms with E-state index >= 15 is 0 Å². The summed E-state index contributed by atoms with van der Waals surface area (Å²) in [5.41, 5.74) is 1.77. The lowest BCUT2D eigenvalue weighted by Gasteiger charge is -2.20. The smallest absolute Gasteiger partial charge is 0.406 e. The summed E-state index contributed by atoms with van der Waals surface area (Å²) in [7, 11) is 3.72. The average molecular weight is 444 g/mol. The van der Waals surface area contributed by atoms with Gasteiger partial charge in [-0.1, -0.05) is 18.2 Å². The molecule has 0 aliphatic carbocycles. The lowest BCUT2D eigenvalue weighted by atomic mass is 10.1. The number of carbonyl (C=O) groups is 2. The van der Waals surface area contributed by atoms with Gasteiger partial charge in [0.2, 0.25) is 0 Å². The highest BCUT2D eigenvalue weighted by Gasteiger charge is 2.37. The number of imide groups is 1. The predicted molar refractivity (Wildman–Crippen MR) is 112 cm³/mol. The molecule has 1 fully saturated rings. The Kier molecular flexibility index (Phi) is 5.37. The first-order valence-electron chi connectivity index (χ1n) is 9.66. The van der Waals surface area contributed by atoms with Crippen LogP contribution >= 0.6 is 0 Å². The summed E-state index contributed by atoms with van der Waals surface area (Å²) in [6, 6.07) is 13.4. The number of para-hydroxylation sites is 1. The van der Waals surface area contributed by atoms with Gasteiger partial charge in [-0.2, -0.15) is 0 Å². The normalized spacial score (nSPS) is 14.4. The van der Waals surface area contributed by atoms with E-state index in [1.54, 1.807) is 0 Å². The van der Waals surface area contributed by atoms with Gasteiger partial charge in [0.15, 0.2) is 0 Å². The monoisotopic (exact) mass is 444 g/mol. The molecule has 166 valence electrons. The molecular weight excluding hydrogens is 425 g/mol. The molecule has 0 N–H and O–H groups in total. The Bertz CT molecular complexity index is 1180. The largest absolute Gasteiger partial charge is 0.573 e. The van der Waals surface area contributed by atoms with Gasteiger partial charge in [-0.15, -0.1) is 13.2 Å². The molecule has 1 aliphatic heterocycles. The topological polar surface area (TPSA) is 66.0 Å². The van der Waals surface area contributed by atoms with E-state index in [1.807, 2.05) is 49.3 Å². The van der Waals surface area contributed by atoms with E-state index in [9.17, 15) is 22.8 Å². The van der Waals surface area contributed by atoms with E-state index in [1.165, 1.54) is 17.0 Å². The number of hydrogen-bond acceptors (Lipinski definition) is 5. The zero-order chi connectivity index (χ0) is 23.0. The molecule has 0 saturated carbocycles. The van der Waals surface area contributed by atoms with Crippen LogP contribution in [0, 0.1) is 0 Å². The molecule has 0 radical (unpaired) electrons. The zero-order valence-corrected chi connectivity index (χ0v) is 17.3. The van der Waals surface area contributed by atoms with E-state index in [4.69, 9.17) is 0 Å². The minimum atomic E-state index is -4.82. The van der Waals surface area contributed by atoms with Crippen molar-refractivity contribution < 1.29 is 27.5 Å². The summed E-state index contributed by atoms with van der Waals surface area (Å²) in [6.45, 7) is 0.0355. The van der Waals surface area contributed by atoms with Gasteiger partial charge in [-0.05, 0) is 42.0 Å². The Morgan fingerprint density at radius 2 is 1.75 bits per heavy atom. The number of aromatic nitrogens is 1. The van der Waals surface area contributed by atoms with Crippen LogP contribution in [0.4, 0.5) is 29.5 Å². The molecule has 0 unspecified atom stereocenters. The van der Waals surface area contributed by atoms with Crippen molar-refractivity contribution in [2.75, 3.05) is 30.4 Å². The van der Waals surface area contributed by atoms with Crippen molar-refractivity contribution in [3.63, 3.8) is 0 Å². The Morgan fingerprint density at radius 3 is 2.41 bits per heavy atom. The lowest BCUT2D eigenvalue weighted by Crippen LogP contribution is -2.32. The van der Waals surface area contributed by atoms with Crippen LogP contribution in [0.2, 0.25) is 0 Å². The molecular formula is C22H19F3N4O3. The van der Waals surface area contributed by atoms with Crippen molar-refractivity contribution in [2.45, 2.75) is 12.9 Å². The zero-order valence-electron chi connectivity index (χ0n) is 17.3. The van der Waals surface area contributed by atoms with Crippen LogP contribution in [-0.2, 0) is 11.3 Å². The number of ether oxygens (including phenoxy) is 1. The van der Waals surface area contributed by atoms with Gasteiger partial charge in [0.05, 0.1) is 11.2 Å². The molecule has 3 aromatic rings. The molecule has 2 heterocycles. The summed E-state index contributed by atoms with van der Waals surface area (Å²) < 4.78 is 40.9. The maximum atomic E-state index is 13.0. The van der Waals surface area contributed by atoms with Crippen molar-refractivity contribution in [3.05, 3.63) is 60.2 Å². The summed E-state index contributed by atoms with van der Waals surface area (Å²) in [5, 5.41) is 0.866. The van der Waals surface area contributed by atoms with Crippen LogP contribution in [0.3, 0.4) is 0 Å². The SMILES string of the molecule is CN(C)c1cc(CN2CC(=O)N(c3ccc(OC(F)(F)F)cc3)C2=O)c2ccccc2n1.